The van der Waals surface area contributed by atoms with Crippen molar-refractivity contribution in [2.24, 2.45) is 0 Å². The zero-order valence-electron chi connectivity index (χ0n) is 15.4. The second-order valence-corrected chi connectivity index (χ2v) is 7.07. The first kappa shape index (κ1) is 17.3. The second kappa shape index (κ2) is 6.58. The van der Waals surface area contributed by atoms with Crippen LogP contribution in [0.5, 0.6) is 11.5 Å². The fourth-order valence-electron chi connectivity index (χ4n) is 3.57. The molecule has 1 aromatic heterocycles. The van der Waals surface area contributed by atoms with Crippen molar-refractivity contribution < 1.29 is 18.7 Å². The van der Waals surface area contributed by atoms with Gasteiger partial charge in [-0.15, -0.1) is 0 Å². The minimum atomic E-state index is -0.412. The molecule has 27 heavy (non-hydrogen) atoms. The molecule has 1 aliphatic heterocycles. The number of carbonyl (C=O) groups is 1. The molecule has 4 rings (SSSR count). The van der Waals surface area contributed by atoms with E-state index in [0.717, 1.165) is 27.8 Å². The molecule has 2 heterocycles. The van der Waals surface area contributed by atoms with Crippen LogP contribution in [0.3, 0.4) is 0 Å². The molecule has 1 atom stereocenters. The number of hydrogen-bond acceptors (Lipinski definition) is 5. The topological polar surface area (TPSA) is 65.7 Å². The molecule has 0 unspecified atom stereocenters. The van der Waals surface area contributed by atoms with Gasteiger partial charge in [-0.3, -0.25) is 4.79 Å². The minimum Gasteiger partial charge on any atom is -0.491 e. The van der Waals surface area contributed by atoms with Crippen molar-refractivity contribution in [1.82, 2.24) is 0 Å². The number of hydrogen-bond donors (Lipinski definition) is 0. The summed E-state index contributed by atoms with van der Waals surface area (Å²) < 4.78 is 16.7. The van der Waals surface area contributed by atoms with E-state index in [1.54, 1.807) is 6.07 Å². The Hall–Kier alpha value is -3.08. The fraction of sp³-hybridized carbons (Fsp3) is 0.273. The van der Waals surface area contributed by atoms with Crippen LogP contribution < -0.4 is 15.1 Å². The van der Waals surface area contributed by atoms with Gasteiger partial charge in [0.2, 0.25) is 0 Å². The molecule has 5 nitrogen and oxygen atoms in total. The summed E-state index contributed by atoms with van der Waals surface area (Å²) in [6.45, 7) is 5.81. The van der Waals surface area contributed by atoms with Gasteiger partial charge in [0.1, 0.15) is 17.1 Å². The maximum Gasteiger partial charge on any atom is 0.336 e. The SMILES string of the molecule is Cc1cc(=O)oc2c3c(ccc12)OC(=O)C[C@@H]3c1ccc(OC(C)C)cc1. The van der Waals surface area contributed by atoms with Crippen molar-refractivity contribution in [3.05, 3.63) is 69.6 Å². The number of esters is 1. The summed E-state index contributed by atoms with van der Waals surface area (Å²) in [6, 6.07) is 12.7. The van der Waals surface area contributed by atoms with Gasteiger partial charge in [0.15, 0.2) is 0 Å². The first-order chi connectivity index (χ1) is 12.9. The van der Waals surface area contributed by atoms with Crippen LogP contribution in [-0.2, 0) is 4.79 Å². The summed E-state index contributed by atoms with van der Waals surface area (Å²) in [5, 5.41) is 0.844. The summed E-state index contributed by atoms with van der Waals surface area (Å²) in [5.41, 5.74) is 2.59. The Morgan fingerprint density at radius 2 is 1.81 bits per heavy atom. The lowest BCUT2D eigenvalue weighted by atomic mass is 9.85. The molecule has 5 heteroatoms. The lowest BCUT2D eigenvalue weighted by Crippen LogP contribution is -2.21. The molecule has 2 aromatic carbocycles. The second-order valence-electron chi connectivity index (χ2n) is 7.07. The first-order valence-corrected chi connectivity index (χ1v) is 8.97. The van der Waals surface area contributed by atoms with Crippen LogP contribution in [0, 0.1) is 6.92 Å². The van der Waals surface area contributed by atoms with E-state index in [1.165, 1.54) is 6.07 Å². The molecular formula is C22H20O5. The molecule has 3 aromatic rings. The molecule has 0 radical (unpaired) electrons. The van der Waals surface area contributed by atoms with Crippen molar-refractivity contribution >= 4 is 16.9 Å². The predicted octanol–water partition coefficient (Wildman–Crippen LogP) is 4.33. The van der Waals surface area contributed by atoms with E-state index >= 15 is 0 Å². The van der Waals surface area contributed by atoms with Crippen molar-refractivity contribution in [2.75, 3.05) is 0 Å². The molecule has 1 aliphatic rings. The monoisotopic (exact) mass is 364 g/mol. The Bertz CT molecular complexity index is 1080. The van der Waals surface area contributed by atoms with Crippen LogP contribution in [0.15, 0.2) is 51.7 Å². The van der Waals surface area contributed by atoms with Crippen molar-refractivity contribution in [3.8, 4) is 11.5 Å². The highest BCUT2D eigenvalue weighted by Gasteiger charge is 2.31. The first-order valence-electron chi connectivity index (χ1n) is 8.97. The summed E-state index contributed by atoms with van der Waals surface area (Å²) in [4.78, 5) is 24.1. The predicted molar refractivity (Wildman–Crippen MR) is 102 cm³/mol. The maximum absolute atomic E-state index is 12.2. The quantitative estimate of drug-likeness (QED) is 0.393. The Balaban J connectivity index is 1.88. The number of rotatable bonds is 3. The molecule has 0 amide bonds. The van der Waals surface area contributed by atoms with Gasteiger partial charge in [-0.05, 0) is 56.2 Å². The molecule has 0 fully saturated rings. The Morgan fingerprint density at radius 3 is 2.52 bits per heavy atom. The van der Waals surface area contributed by atoms with Crippen LogP contribution in [0.4, 0.5) is 0 Å². The lowest BCUT2D eigenvalue weighted by molar-refractivity contribution is -0.135. The number of fused-ring (bicyclic) bond motifs is 3. The average molecular weight is 364 g/mol. The third-order valence-electron chi connectivity index (χ3n) is 4.72. The number of ether oxygens (including phenoxy) is 2. The minimum absolute atomic E-state index is 0.0856. The summed E-state index contributed by atoms with van der Waals surface area (Å²) >= 11 is 0. The number of benzene rings is 2. The van der Waals surface area contributed by atoms with Crippen LogP contribution in [0.2, 0.25) is 0 Å². The van der Waals surface area contributed by atoms with Crippen LogP contribution in [0.1, 0.15) is 42.9 Å². The third kappa shape index (κ3) is 3.21. The Labute approximate surface area is 156 Å². The fourth-order valence-corrected chi connectivity index (χ4v) is 3.57. The summed E-state index contributed by atoms with van der Waals surface area (Å²) in [5.74, 6) is 0.667. The van der Waals surface area contributed by atoms with Crippen LogP contribution in [-0.4, -0.2) is 12.1 Å². The zero-order valence-corrected chi connectivity index (χ0v) is 15.4. The largest absolute Gasteiger partial charge is 0.491 e. The van der Waals surface area contributed by atoms with Crippen LogP contribution in [0.25, 0.3) is 11.0 Å². The van der Waals surface area contributed by atoms with E-state index < -0.39 is 5.63 Å². The highest BCUT2D eigenvalue weighted by molar-refractivity contribution is 5.89. The van der Waals surface area contributed by atoms with Crippen molar-refractivity contribution in [1.29, 1.82) is 0 Å². The van der Waals surface area contributed by atoms with E-state index in [1.807, 2.05) is 51.1 Å². The highest BCUT2D eigenvalue weighted by atomic mass is 16.5. The molecule has 0 saturated heterocycles. The van der Waals surface area contributed by atoms with E-state index in [-0.39, 0.29) is 24.4 Å². The van der Waals surface area contributed by atoms with E-state index in [4.69, 9.17) is 13.9 Å². The Kier molecular flexibility index (Phi) is 4.22. The smallest absolute Gasteiger partial charge is 0.336 e. The van der Waals surface area contributed by atoms with Gasteiger partial charge in [-0.1, -0.05) is 12.1 Å². The molecule has 0 saturated carbocycles. The summed E-state index contributed by atoms with van der Waals surface area (Å²) in [7, 11) is 0. The average Bonchev–Trinajstić information content (AvgIpc) is 2.60. The number of aryl methyl sites for hydroxylation is 1. The highest BCUT2D eigenvalue weighted by Crippen LogP contribution is 2.43. The lowest BCUT2D eigenvalue weighted by Gasteiger charge is -2.26. The van der Waals surface area contributed by atoms with Gasteiger partial charge >= 0.3 is 11.6 Å². The van der Waals surface area contributed by atoms with Gasteiger partial charge in [0, 0.05) is 22.9 Å². The number of carbonyl (C=O) groups excluding carboxylic acids is 1. The molecule has 0 bridgehead atoms. The molecule has 0 N–H and O–H groups in total. The van der Waals surface area contributed by atoms with Crippen molar-refractivity contribution in [2.45, 2.75) is 39.2 Å². The van der Waals surface area contributed by atoms with Crippen LogP contribution >= 0.6 is 0 Å². The molecule has 0 spiro atoms. The standard InChI is InChI=1S/C22H20O5/c1-12(2)25-15-6-4-14(5-7-15)17-11-20(24)26-18-9-8-16-13(3)10-19(23)27-22(16)21(17)18/h4-10,12,17H,11H2,1-3H3/t17-/m1/s1. The van der Waals surface area contributed by atoms with Gasteiger partial charge in [-0.2, -0.15) is 0 Å². The van der Waals surface area contributed by atoms with Gasteiger partial charge in [0.25, 0.3) is 0 Å². The Morgan fingerprint density at radius 1 is 1.07 bits per heavy atom. The van der Waals surface area contributed by atoms with E-state index in [9.17, 15) is 9.59 Å². The van der Waals surface area contributed by atoms with E-state index in [2.05, 4.69) is 0 Å². The van der Waals surface area contributed by atoms with E-state index in [0.29, 0.717) is 11.3 Å². The summed E-state index contributed by atoms with van der Waals surface area (Å²) in [6.07, 6.45) is 0.274. The van der Waals surface area contributed by atoms with Gasteiger partial charge in [0.05, 0.1) is 12.5 Å². The van der Waals surface area contributed by atoms with Gasteiger partial charge in [-0.25, -0.2) is 4.79 Å². The molecular weight excluding hydrogens is 344 g/mol. The third-order valence-corrected chi connectivity index (χ3v) is 4.72. The molecule has 0 aliphatic carbocycles. The van der Waals surface area contributed by atoms with Crippen molar-refractivity contribution in [3.63, 3.8) is 0 Å². The normalized spacial score (nSPS) is 16.3. The van der Waals surface area contributed by atoms with Gasteiger partial charge < -0.3 is 13.9 Å². The maximum atomic E-state index is 12.2. The zero-order chi connectivity index (χ0) is 19.1. The molecule has 138 valence electrons.